The number of hydrogen-bond donors (Lipinski definition) is 2. The van der Waals surface area contributed by atoms with Crippen LogP contribution in [0.15, 0.2) is 30.9 Å². The van der Waals surface area contributed by atoms with Gasteiger partial charge in [-0.05, 0) is 44.4 Å². The number of anilines is 2. The van der Waals surface area contributed by atoms with Crippen LogP contribution in [0.25, 0.3) is 0 Å². The second-order valence-electron chi connectivity index (χ2n) is 6.69. The number of rotatable bonds is 8. The molecule has 27 heavy (non-hydrogen) atoms. The molecular weight excluding hydrogens is 342 g/mol. The van der Waals surface area contributed by atoms with E-state index in [9.17, 15) is 0 Å². The van der Waals surface area contributed by atoms with Crippen LogP contribution in [0.1, 0.15) is 32.3 Å². The summed E-state index contributed by atoms with van der Waals surface area (Å²) in [6.45, 7) is 8.01. The summed E-state index contributed by atoms with van der Waals surface area (Å²) in [7, 11) is 0. The van der Waals surface area contributed by atoms with E-state index in [0.717, 1.165) is 38.2 Å². The summed E-state index contributed by atoms with van der Waals surface area (Å²) in [6.07, 6.45) is 7.35. The molecule has 146 valence electrons. The lowest BCUT2D eigenvalue weighted by molar-refractivity contribution is 0.210. The van der Waals surface area contributed by atoms with E-state index in [1.165, 1.54) is 5.56 Å². The SMILES string of the molecule is CCOc1cc(CN2CCC(Nc3cncnc3)CC2)cc(OCC)c1N. The summed E-state index contributed by atoms with van der Waals surface area (Å²) in [5.41, 5.74) is 8.90. The first-order chi connectivity index (χ1) is 13.2. The highest BCUT2D eigenvalue weighted by Gasteiger charge is 2.20. The molecule has 3 N–H and O–H groups in total. The molecule has 0 unspecified atom stereocenters. The van der Waals surface area contributed by atoms with Gasteiger partial charge in [0.15, 0.2) is 0 Å². The average Bonchev–Trinajstić information content (AvgIpc) is 2.68. The van der Waals surface area contributed by atoms with Crippen LogP contribution in [-0.2, 0) is 6.54 Å². The van der Waals surface area contributed by atoms with Gasteiger partial charge in [-0.3, -0.25) is 4.90 Å². The van der Waals surface area contributed by atoms with Crippen LogP contribution in [0.4, 0.5) is 11.4 Å². The highest BCUT2D eigenvalue weighted by atomic mass is 16.5. The minimum atomic E-state index is 0.455. The molecule has 7 nitrogen and oxygen atoms in total. The number of benzene rings is 1. The molecule has 0 aliphatic carbocycles. The van der Waals surface area contributed by atoms with Gasteiger partial charge in [-0.15, -0.1) is 0 Å². The van der Waals surface area contributed by atoms with E-state index in [-0.39, 0.29) is 0 Å². The van der Waals surface area contributed by atoms with Crippen molar-refractivity contribution in [1.82, 2.24) is 14.9 Å². The van der Waals surface area contributed by atoms with E-state index in [2.05, 4.69) is 20.2 Å². The average molecular weight is 371 g/mol. The monoisotopic (exact) mass is 371 g/mol. The van der Waals surface area contributed by atoms with Crippen molar-refractivity contribution in [2.24, 2.45) is 0 Å². The Bertz CT molecular complexity index is 691. The zero-order chi connectivity index (χ0) is 19.1. The minimum Gasteiger partial charge on any atom is -0.492 e. The number of aromatic nitrogens is 2. The van der Waals surface area contributed by atoms with Gasteiger partial charge in [-0.1, -0.05) is 0 Å². The van der Waals surface area contributed by atoms with Gasteiger partial charge in [0, 0.05) is 25.7 Å². The van der Waals surface area contributed by atoms with Crippen molar-refractivity contribution < 1.29 is 9.47 Å². The second-order valence-corrected chi connectivity index (χ2v) is 6.69. The molecule has 1 aliphatic rings. The van der Waals surface area contributed by atoms with Crippen LogP contribution < -0.4 is 20.5 Å². The number of piperidine rings is 1. The molecule has 0 radical (unpaired) electrons. The predicted molar refractivity (Wildman–Crippen MR) is 107 cm³/mol. The minimum absolute atomic E-state index is 0.455. The van der Waals surface area contributed by atoms with Gasteiger partial charge in [-0.2, -0.15) is 0 Å². The van der Waals surface area contributed by atoms with E-state index in [1.807, 2.05) is 38.4 Å². The number of likely N-dealkylation sites (tertiary alicyclic amines) is 1. The molecular formula is C20H29N5O2. The molecule has 1 fully saturated rings. The molecule has 1 aromatic carbocycles. The summed E-state index contributed by atoms with van der Waals surface area (Å²) < 4.78 is 11.4. The summed E-state index contributed by atoms with van der Waals surface area (Å²) in [5.74, 6) is 1.41. The lowest BCUT2D eigenvalue weighted by atomic mass is 10.0. The van der Waals surface area contributed by atoms with Crippen LogP contribution in [-0.4, -0.2) is 47.2 Å². The third-order valence-electron chi connectivity index (χ3n) is 4.69. The lowest BCUT2D eigenvalue weighted by Gasteiger charge is -2.33. The number of nitrogens with one attached hydrogen (secondary N) is 1. The topological polar surface area (TPSA) is 85.5 Å². The molecule has 1 aromatic heterocycles. The third-order valence-corrected chi connectivity index (χ3v) is 4.69. The number of nitrogens with zero attached hydrogens (tertiary/aromatic N) is 3. The van der Waals surface area contributed by atoms with E-state index in [0.29, 0.717) is 36.4 Å². The zero-order valence-electron chi connectivity index (χ0n) is 16.1. The maximum Gasteiger partial charge on any atom is 0.146 e. The van der Waals surface area contributed by atoms with Gasteiger partial charge in [0.1, 0.15) is 23.5 Å². The smallest absolute Gasteiger partial charge is 0.146 e. The third kappa shape index (κ3) is 5.23. The number of hydrogen-bond acceptors (Lipinski definition) is 7. The summed E-state index contributed by atoms with van der Waals surface area (Å²) in [5, 5.41) is 3.52. The number of nitrogens with two attached hydrogens (primary N) is 1. The molecule has 7 heteroatoms. The van der Waals surface area contributed by atoms with E-state index >= 15 is 0 Å². The van der Waals surface area contributed by atoms with Crippen molar-refractivity contribution in [3.8, 4) is 11.5 Å². The Hall–Kier alpha value is -2.54. The molecule has 1 saturated heterocycles. The van der Waals surface area contributed by atoms with Crippen LogP contribution >= 0.6 is 0 Å². The van der Waals surface area contributed by atoms with Gasteiger partial charge in [0.25, 0.3) is 0 Å². The molecule has 0 spiro atoms. The van der Waals surface area contributed by atoms with Crippen LogP contribution in [0.5, 0.6) is 11.5 Å². The molecule has 1 aliphatic heterocycles. The Balaban J connectivity index is 1.59. The van der Waals surface area contributed by atoms with E-state index < -0.39 is 0 Å². The first-order valence-electron chi connectivity index (χ1n) is 9.61. The van der Waals surface area contributed by atoms with Gasteiger partial charge < -0.3 is 20.5 Å². The highest BCUT2D eigenvalue weighted by molar-refractivity contribution is 5.64. The molecule has 2 heterocycles. The van der Waals surface area contributed by atoms with Crippen LogP contribution in [0, 0.1) is 0 Å². The van der Waals surface area contributed by atoms with Crippen molar-refractivity contribution >= 4 is 11.4 Å². The second kappa shape index (κ2) is 9.41. The van der Waals surface area contributed by atoms with Crippen molar-refractivity contribution in [1.29, 1.82) is 0 Å². The normalized spacial score (nSPS) is 15.5. The maximum absolute atomic E-state index is 6.17. The molecule has 2 aromatic rings. The first kappa shape index (κ1) is 19.2. The van der Waals surface area contributed by atoms with Crippen LogP contribution in [0.2, 0.25) is 0 Å². The largest absolute Gasteiger partial charge is 0.492 e. The highest BCUT2D eigenvalue weighted by Crippen LogP contribution is 2.34. The van der Waals surface area contributed by atoms with Gasteiger partial charge in [-0.25, -0.2) is 9.97 Å². The summed E-state index contributed by atoms with van der Waals surface area (Å²) in [6, 6.07) is 4.52. The maximum atomic E-state index is 6.17. The van der Waals surface area contributed by atoms with Crippen molar-refractivity contribution in [2.75, 3.05) is 37.4 Å². The molecule has 3 rings (SSSR count). The van der Waals surface area contributed by atoms with Gasteiger partial charge in [0.05, 0.1) is 31.3 Å². The molecule has 0 bridgehead atoms. The molecule has 0 amide bonds. The zero-order valence-corrected chi connectivity index (χ0v) is 16.1. The predicted octanol–water partition coefficient (Wildman–Crippen LogP) is 2.93. The first-order valence-corrected chi connectivity index (χ1v) is 9.61. The quantitative estimate of drug-likeness (QED) is 0.690. The Morgan fingerprint density at radius 2 is 1.67 bits per heavy atom. The van der Waals surface area contributed by atoms with Crippen molar-refractivity contribution in [2.45, 2.75) is 39.3 Å². The Morgan fingerprint density at radius 3 is 2.22 bits per heavy atom. The van der Waals surface area contributed by atoms with E-state index in [4.69, 9.17) is 15.2 Å². The van der Waals surface area contributed by atoms with Gasteiger partial charge in [0.2, 0.25) is 0 Å². The lowest BCUT2D eigenvalue weighted by Crippen LogP contribution is -2.38. The Kier molecular flexibility index (Phi) is 6.70. The molecule has 0 atom stereocenters. The van der Waals surface area contributed by atoms with Crippen molar-refractivity contribution in [3.63, 3.8) is 0 Å². The number of nitrogen functional groups attached to an aromatic ring is 1. The Labute approximate surface area is 160 Å². The standard InChI is InChI=1S/C20H29N5O2/c1-3-26-18-9-15(10-19(20(18)21)27-4-2)13-25-7-5-16(6-8-25)24-17-11-22-14-23-12-17/h9-12,14,16,24H,3-8,13,21H2,1-2H3. The molecule has 0 saturated carbocycles. The van der Waals surface area contributed by atoms with Crippen LogP contribution in [0.3, 0.4) is 0 Å². The Morgan fingerprint density at radius 1 is 1.07 bits per heavy atom. The van der Waals surface area contributed by atoms with Gasteiger partial charge >= 0.3 is 0 Å². The van der Waals surface area contributed by atoms with Crippen molar-refractivity contribution in [3.05, 3.63) is 36.4 Å². The summed E-state index contributed by atoms with van der Waals surface area (Å²) >= 11 is 0. The fourth-order valence-corrected chi connectivity index (χ4v) is 3.40. The number of ether oxygens (including phenoxy) is 2. The fourth-order valence-electron chi connectivity index (χ4n) is 3.40. The fraction of sp³-hybridized carbons (Fsp3) is 0.500. The summed E-state index contributed by atoms with van der Waals surface area (Å²) in [4.78, 5) is 10.6. The van der Waals surface area contributed by atoms with E-state index in [1.54, 1.807) is 6.33 Å².